The number of hydrogen-bond acceptors (Lipinski definition) is 3. The zero-order valence-corrected chi connectivity index (χ0v) is 11.4. The fraction of sp³-hybridized carbons (Fsp3) is 0.600. The average molecular weight is 248 g/mol. The van der Waals surface area contributed by atoms with Crippen molar-refractivity contribution in [1.29, 1.82) is 0 Å². The third-order valence-electron chi connectivity index (χ3n) is 3.59. The fourth-order valence-corrected chi connectivity index (χ4v) is 2.30. The molecular formula is C15H24N2O. The maximum atomic E-state index is 6.27. The van der Waals surface area contributed by atoms with Crippen LogP contribution in [0.15, 0.2) is 24.3 Å². The van der Waals surface area contributed by atoms with Crippen LogP contribution in [-0.4, -0.2) is 37.7 Å². The first-order valence-corrected chi connectivity index (χ1v) is 6.82. The van der Waals surface area contributed by atoms with E-state index in [0.29, 0.717) is 5.92 Å². The van der Waals surface area contributed by atoms with Crippen LogP contribution in [0.2, 0.25) is 0 Å². The van der Waals surface area contributed by atoms with Crippen molar-refractivity contribution in [2.75, 3.05) is 32.8 Å². The van der Waals surface area contributed by atoms with Gasteiger partial charge in [-0.25, -0.2) is 0 Å². The number of ether oxygens (including phenoxy) is 1. The Balaban J connectivity index is 1.93. The highest BCUT2D eigenvalue weighted by Gasteiger charge is 2.15. The Labute approximate surface area is 110 Å². The lowest BCUT2D eigenvalue weighted by molar-refractivity contribution is 0.0352. The summed E-state index contributed by atoms with van der Waals surface area (Å²) in [7, 11) is 0. The van der Waals surface area contributed by atoms with Gasteiger partial charge in [-0.05, 0) is 17.0 Å². The molecule has 0 aliphatic carbocycles. The van der Waals surface area contributed by atoms with Crippen molar-refractivity contribution in [3.05, 3.63) is 35.4 Å². The Bertz CT molecular complexity index is 355. The van der Waals surface area contributed by atoms with Gasteiger partial charge < -0.3 is 10.5 Å². The van der Waals surface area contributed by atoms with E-state index in [2.05, 4.69) is 43.0 Å². The highest BCUT2D eigenvalue weighted by Crippen LogP contribution is 2.18. The van der Waals surface area contributed by atoms with Gasteiger partial charge in [0.2, 0.25) is 0 Å². The minimum absolute atomic E-state index is 0.101. The second kappa shape index (κ2) is 6.32. The molecule has 2 rings (SSSR count). The van der Waals surface area contributed by atoms with Gasteiger partial charge in [-0.1, -0.05) is 38.1 Å². The van der Waals surface area contributed by atoms with E-state index in [1.165, 1.54) is 11.1 Å². The van der Waals surface area contributed by atoms with Gasteiger partial charge in [-0.2, -0.15) is 0 Å². The van der Waals surface area contributed by atoms with Gasteiger partial charge in [0.1, 0.15) is 0 Å². The van der Waals surface area contributed by atoms with Crippen molar-refractivity contribution in [2.45, 2.75) is 25.8 Å². The average Bonchev–Trinajstić information content (AvgIpc) is 2.40. The van der Waals surface area contributed by atoms with Crippen LogP contribution in [0.4, 0.5) is 0 Å². The minimum atomic E-state index is 0.101. The van der Waals surface area contributed by atoms with Gasteiger partial charge >= 0.3 is 0 Å². The number of nitrogens with zero attached hydrogens (tertiary/aromatic N) is 1. The number of nitrogens with two attached hydrogens (primary N) is 1. The van der Waals surface area contributed by atoms with E-state index < -0.39 is 0 Å². The molecule has 1 saturated heterocycles. The zero-order valence-electron chi connectivity index (χ0n) is 11.4. The molecule has 1 aromatic carbocycles. The predicted molar refractivity (Wildman–Crippen MR) is 74.7 cm³/mol. The molecule has 1 aliphatic heterocycles. The highest BCUT2D eigenvalue weighted by atomic mass is 16.5. The molecule has 0 saturated carbocycles. The van der Waals surface area contributed by atoms with Gasteiger partial charge in [0.25, 0.3) is 0 Å². The Morgan fingerprint density at radius 3 is 2.22 bits per heavy atom. The molecular weight excluding hydrogens is 224 g/mol. The molecule has 1 aliphatic rings. The van der Waals surface area contributed by atoms with Crippen molar-refractivity contribution in [3.8, 4) is 0 Å². The number of morpholine rings is 1. The maximum Gasteiger partial charge on any atom is 0.0594 e. The van der Waals surface area contributed by atoms with Crippen LogP contribution in [0.3, 0.4) is 0 Å². The van der Waals surface area contributed by atoms with Gasteiger partial charge in [0.15, 0.2) is 0 Å². The summed E-state index contributed by atoms with van der Waals surface area (Å²) in [6.45, 7) is 9.00. The normalized spacial score (nSPS) is 19.1. The van der Waals surface area contributed by atoms with Crippen LogP contribution >= 0.6 is 0 Å². The summed E-state index contributed by atoms with van der Waals surface area (Å²) in [5, 5.41) is 0. The second-order valence-corrected chi connectivity index (χ2v) is 5.34. The van der Waals surface area contributed by atoms with Crippen molar-refractivity contribution >= 4 is 0 Å². The molecule has 1 atom stereocenters. The van der Waals surface area contributed by atoms with Crippen LogP contribution in [-0.2, 0) is 4.74 Å². The third-order valence-corrected chi connectivity index (χ3v) is 3.59. The molecule has 3 heteroatoms. The maximum absolute atomic E-state index is 6.27. The summed E-state index contributed by atoms with van der Waals surface area (Å²) in [6, 6.07) is 8.82. The number of rotatable bonds is 4. The summed E-state index contributed by atoms with van der Waals surface area (Å²) < 4.78 is 5.35. The van der Waals surface area contributed by atoms with Crippen LogP contribution in [0.1, 0.15) is 36.9 Å². The van der Waals surface area contributed by atoms with Crippen molar-refractivity contribution in [1.82, 2.24) is 4.90 Å². The van der Waals surface area contributed by atoms with E-state index in [4.69, 9.17) is 10.5 Å². The van der Waals surface area contributed by atoms with Gasteiger partial charge in [-0.3, -0.25) is 4.90 Å². The lowest BCUT2D eigenvalue weighted by Gasteiger charge is -2.29. The lowest BCUT2D eigenvalue weighted by atomic mass is 9.99. The number of benzene rings is 1. The quantitative estimate of drug-likeness (QED) is 0.887. The third kappa shape index (κ3) is 3.55. The summed E-state index contributed by atoms with van der Waals surface area (Å²) in [6.07, 6.45) is 0. The molecule has 1 aromatic rings. The lowest BCUT2D eigenvalue weighted by Crippen LogP contribution is -2.40. The van der Waals surface area contributed by atoms with Crippen LogP contribution in [0.5, 0.6) is 0 Å². The Morgan fingerprint density at radius 2 is 1.67 bits per heavy atom. The molecule has 0 spiro atoms. The summed E-state index contributed by atoms with van der Waals surface area (Å²) >= 11 is 0. The molecule has 1 heterocycles. The van der Waals surface area contributed by atoms with E-state index in [0.717, 1.165) is 32.8 Å². The van der Waals surface area contributed by atoms with Gasteiger partial charge in [0.05, 0.1) is 13.2 Å². The molecule has 0 amide bonds. The molecule has 0 bridgehead atoms. The first-order valence-electron chi connectivity index (χ1n) is 6.82. The Kier molecular flexibility index (Phi) is 4.75. The van der Waals surface area contributed by atoms with Crippen molar-refractivity contribution < 1.29 is 4.74 Å². The van der Waals surface area contributed by atoms with E-state index in [1.807, 2.05) is 0 Å². The smallest absolute Gasteiger partial charge is 0.0594 e. The van der Waals surface area contributed by atoms with E-state index >= 15 is 0 Å². The molecule has 1 unspecified atom stereocenters. The molecule has 2 N–H and O–H groups in total. The first-order chi connectivity index (χ1) is 8.66. The van der Waals surface area contributed by atoms with Gasteiger partial charge in [-0.15, -0.1) is 0 Å². The van der Waals surface area contributed by atoms with Gasteiger partial charge in [0, 0.05) is 25.7 Å². The van der Waals surface area contributed by atoms with Crippen molar-refractivity contribution in [3.63, 3.8) is 0 Å². The van der Waals surface area contributed by atoms with Crippen LogP contribution in [0.25, 0.3) is 0 Å². The van der Waals surface area contributed by atoms with Crippen LogP contribution in [0, 0.1) is 0 Å². The first kappa shape index (κ1) is 13.5. The number of hydrogen-bond donors (Lipinski definition) is 1. The largest absolute Gasteiger partial charge is 0.379 e. The minimum Gasteiger partial charge on any atom is -0.379 e. The Morgan fingerprint density at radius 1 is 1.11 bits per heavy atom. The summed E-state index contributed by atoms with van der Waals surface area (Å²) in [4.78, 5) is 2.38. The molecule has 1 fully saturated rings. The molecule has 100 valence electrons. The molecule has 0 radical (unpaired) electrons. The molecule has 3 nitrogen and oxygen atoms in total. The van der Waals surface area contributed by atoms with E-state index in [1.54, 1.807) is 0 Å². The Hall–Kier alpha value is -0.900. The second-order valence-electron chi connectivity index (χ2n) is 5.34. The standard InChI is InChI=1S/C15H24N2O/c1-12(2)13-3-5-14(6-4-13)15(16)11-17-7-9-18-10-8-17/h3-6,12,15H,7-11,16H2,1-2H3. The van der Waals surface area contributed by atoms with E-state index in [9.17, 15) is 0 Å². The van der Waals surface area contributed by atoms with E-state index in [-0.39, 0.29) is 6.04 Å². The van der Waals surface area contributed by atoms with Crippen LogP contribution < -0.4 is 5.73 Å². The SMILES string of the molecule is CC(C)c1ccc(C(N)CN2CCOCC2)cc1. The van der Waals surface area contributed by atoms with Crippen molar-refractivity contribution in [2.24, 2.45) is 5.73 Å². The topological polar surface area (TPSA) is 38.5 Å². The summed E-state index contributed by atoms with van der Waals surface area (Å²) in [5.74, 6) is 0.578. The molecule has 0 aromatic heterocycles. The zero-order chi connectivity index (χ0) is 13.0. The highest BCUT2D eigenvalue weighted by molar-refractivity contribution is 5.26. The fourth-order valence-electron chi connectivity index (χ4n) is 2.30. The summed E-state index contributed by atoms with van der Waals surface area (Å²) in [5.41, 5.74) is 8.87. The predicted octanol–water partition coefficient (Wildman–Crippen LogP) is 2.14. The molecule has 18 heavy (non-hydrogen) atoms. The monoisotopic (exact) mass is 248 g/mol.